The van der Waals surface area contributed by atoms with Crippen LogP contribution >= 0.6 is 15.9 Å². The van der Waals surface area contributed by atoms with Gasteiger partial charge >= 0.3 is 0 Å². The topological polar surface area (TPSA) is 31.4 Å². The predicted molar refractivity (Wildman–Crippen MR) is 65.1 cm³/mol. The maximum Gasteiger partial charge on any atom is 0.158 e. The molecule has 4 heteroatoms. The predicted octanol–water partition coefficient (Wildman–Crippen LogP) is 3.20. The fourth-order valence-corrected chi connectivity index (χ4v) is 1.92. The van der Waals surface area contributed by atoms with E-state index >= 15 is 0 Å². The van der Waals surface area contributed by atoms with Crippen molar-refractivity contribution in [2.24, 2.45) is 0 Å². The quantitative estimate of drug-likeness (QED) is 0.855. The number of ether oxygens (including phenoxy) is 2. The first-order chi connectivity index (χ1) is 7.75. The van der Waals surface area contributed by atoms with Crippen LogP contribution in [0.1, 0.15) is 30.7 Å². The van der Waals surface area contributed by atoms with Crippen molar-refractivity contribution in [2.75, 3.05) is 6.61 Å². The number of aromatic nitrogens is 1. The first kappa shape index (κ1) is 12.0. The summed E-state index contributed by atoms with van der Waals surface area (Å²) in [6, 6.07) is 3.97. The largest absolute Gasteiger partial charge is 0.353 e. The molecule has 0 amide bonds. The summed E-state index contributed by atoms with van der Waals surface area (Å²) in [5, 5.41) is 0. The number of hydrogen-bond donors (Lipinski definition) is 0. The zero-order valence-corrected chi connectivity index (χ0v) is 11.0. The van der Waals surface area contributed by atoms with Crippen molar-refractivity contribution in [2.45, 2.75) is 39.1 Å². The molecule has 0 N–H and O–H groups in total. The fourth-order valence-electron chi connectivity index (χ4n) is 1.70. The van der Waals surface area contributed by atoms with Crippen molar-refractivity contribution in [1.82, 2.24) is 4.98 Å². The summed E-state index contributed by atoms with van der Waals surface area (Å²) in [5.74, 6) is 0. The van der Waals surface area contributed by atoms with Gasteiger partial charge < -0.3 is 9.47 Å². The van der Waals surface area contributed by atoms with Crippen LogP contribution in [0.5, 0.6) is 0 Å². The zero-order chi connectivity index (χ0) is 11.4. The molecule has 0 radical (unpaired) electrons. The highest BCUT2D eigenvalue weighted by Gasteiger charge is 2.14. The molecule has 16 heavy (non-hydrogen) atoms. The third kappa shape index (κ3) is 3.27. The van der Waals surface area contributed by atoms with Crippen LogP contribution in [0.3, 0.4) is 0 Å². The molecule has 1 aliphatic heterocycles. The Kier molecular flexibility index (Phi) is 4.32. The summed E-state index contributed by atoms with van der Waals surface area (Å²) in [4.78, 5) is 4.43. The highest BCUT2D eigenvalue weighted by Crippen LogP contribution is 2.17. The van der Waals surface area contributed by atoms with Crippen LogP contribution in [0.25, 0.3) is 0 Å². The number of aryl methyl sites for hydroxylation is 1. The first-order valence-corrected chi connectivity index (χ1v) is 6.40. The number of halogens is 1. The van der Waals surface area contributed by atoms with Crippen LogP contribution in [-0.4, -0.2) is 17.9 Å². The number of hydrogen-bond acceptors (Lipinski definition) is 3. The minimum Gasteiger partial charge on any atom is -0.353 e. The molecule has 1 aromatic rings. The summed E-state index contributed by atoms with van der Waals surface area (Å²) in [6.07, 6.45) is 3.29. The molecule has 0 saturated carbocycles. The van der Waals surface area contributed by atoms with Crippen LogP contribution in [0.2, 0.25) is 0 Å². The van der Waals surface area contributed by atoms with E-state index in [-0.39, 0.29) is 6.29 Å². The second-order valence-electron chi connectivity index (χ2n) is 3.98. The maximum absolute atomic E-state index is 5.66. The van der Waals surface area contributed by atoms with Gasteiger partial charge in [0.05, 0.1) is 18.0 Å². The molecule has 2 heterocycles. The molecule has 1 unspecified atom stereocenters. The lowest BCUT2D eigenvalue weighted by Gasteiger charge is -2.22. The van der Waals surface area contributed by atoms with Crippen LogP contribution in [0.4, 0.5) is 0 Å². The Labute approximate surface area is 104 Å². The molecule has 0 aromatic carbocycles. The smallest absolute Gasteiger partial charge is 0.158 e. The normalized spacial score (nSPS) is 21.0. The highest BCUT2D eigenvalue weighted by atomic mass is 79.9. The van der Waals surface area contributed by atoms with Crippen LogP contribution in [0.15, 0.2) is 16.6 Å². The molecule has 1 saturated heterocycles. The van der Waals surface area contributed by atoms with Crippen LogP contribution < -0.4 is 0 Å². The van der Waals surface area contributed by atoms with Gasteiger partial charge in [-0.1, -0.05) is 0 Å². The van der Waals surface area contributed by atoms with Gasteiger partial charge in [-0.05, 0) is 54.2 Å². The van der Waals surface area contributed by atoms with E-state index in [2.05, 4.69) is 20.9 Å². The SMILES string of the molecule is Cc1nc(COC2CCCCO2)ccc1Br. The molecular weight excluding hydrogens is 270 g/mol. The van der Waals surface area contributed by atoms with Crippen molar-refractivity contribution < 1.29 is 9.47 Å². The lowest BCUT2D eigenvalue weighted by atomic mass is 10.2. The Balaban J connectivity index is 1.86. The standard InChI is InChI=1S/C12H16BrNO2/c1-9-11(13)6-5-10(14-9)8-16-12-4-2-3-7-15-12/h5-6,12H,2-4,7-8H2,1H3. The van der Waals surface area contributed by atoms with Gasteiger partial charge in [-0.25, -0.2) is 0 Å². The average Bonchev–Trinajstić information content (AvgIpc) is 2.32. The van der Waals surface area contributed by atoms with E-state index < -0.39 is 0 Å². The van der Waals surface area contributed by atoms with E-state index in [1.807, 2.05) is 19.1 Å². The van der Waals surface area contributed by atoms with Crippen LogP contribution in [0, 0.1) is 6.92 Å². The van der Waals surface area contributed by atoms with E-state index in [1.54, 1.807) is 0 Å². The minimum atomic E-state index is -0.0421. The third-order valence-electron chi connectivity index (χ3n) is 2.63. The summed E-state index contributed by atoms with van der Waals surface area (Å²) >= 11 is 3.43. The molecular formula is C12H16BrNO2. The summed E-state index contributed by atoms with van der Waals surface area (Å²) < 4.78 is 12.2. The Morgan fingerprint density at radius 3 is 3.06 bits per heavy atom. The minimum absolute atomic E-state index is 0.0421. The molecule has 88 valence electrons. The average molecular weight is 286 g/mol. The van der Waals surface area contributed by atoms with Gasteiger partial charge in [0.1, 0.15) is 0 Å². The molecule has 0 bridgehead atoms. The molecule has 3 nitrogen and oxygen atoms in total. The second kappa shape index (κ2) is 5.75. The van der Waals surface area contributed by atoms with E-state index in [0.717, 1.165) is 35.3 Å². The highest BCUT2D eigenvalue weighted by molar-refractivity contribution is 9.10. The lowest BCUT2D eigenvalue weighted by molar-refractivity contribution is -0.169. The van der Waals surface area contributed by atoms with E-state index in [9.17, 15) is 0 Å². The van der Waals surface area contributed by atoms with Crippen molar-refractivity contribution >= 4 is 15.9 Å². The number of rotatable bonds is 3. The Bertz CT molecular complexity index is 351. The van der Waals surface area contributed by atoms with Crippen LogP contribution in [-0.2, 0) is 16.1 Å². The van der Waals surface area contributed by atoms with Gasteiger partial charge in [0, 0.05) is 11.1 Å². The first-order valence-electron chi connectivity index (χ1n) is 5.61. The number of nitrogens with zero attached hydrogens (tertiary/aromatic N) is 1. The zero-order valence-electron chi connectivity index (χ0n) is 9.41. The van der Waals surface area contributed by atoms with Crippen molar-refractivity contribution in [3.05, 3.63) is 28.0 Å². The van der Waals surface area contributed by atoms with Gasteiger partial charge in [0.25, 0.3) is 0 Å². The Morgan fingerprint density at radius 2 is 2.38 bits per heavy atom. The Morgan fingerprint density at radius 1 is 1.50 bits per heavy atom. The maximum atomic E-state index is 5.66. The molecule has 1 aliphatic rings. The van der Waals surface area contributed by atoms with Gasteiger partial charge in [-0.2, -0.15) is 0 Å². The molecule has 1 atom stereocenters. The van der Waals surface area contributed by atoms with Crippen molar-refractivity contribution in [3.8, 4) is 0 Å². The summed E-state index contributed by atoms with van der Waals surface area (Å²) in [5.41, 5.74) is 1.94. The Hall–Kier alpha value is -0.450. The second-order valence-corrected chi connectivity index (χ2v) is 4.83. The van der Waals surface area contributed by atoms with Gasteiger partial charge in [-0.3, -0.25) is 4.98 Å². The lowest BCUT2D eigenvalue weighted by Crippen LogP contribution is -2.22. The molecule has 1 aromatic heterocycles. The monoisotopic (exact) mass is 285 g/mol. The third-order valence-corrected chi connectivity index (χ3v) is 3.47. The molecule has 0 spiro atoms. The van der Waals surface area contributed by atoms with Crippen molar-refractivity contribution in [1.29, 1.82) is 0 Å². The summed E-state index contributed by atoms with van der Waals surface area (Å²) in [7, 11) is 0. The molecule has 1 fully saturated rings. The van der Waals surface area contributed by atoms with E-state index in [1.165, 1.54) is 6.42 Å². The fraction of sp³-hybridized carbons (Fsp3) is 0.583. The molecule has 0 aliphatic carbocycles. The molecule has 2 rings (SSSR count). The van der Waals surface area contributed by atoms with Crippen molar-refractivity contribution in [3.63, 3.8) is 0 Å². The van der Waals surface area contributed by atoms with E-state index in [4.69, 9.17) is 9.47 Å². The summed E-state index contributed by atoms with van der Waals surface area (Å²) in [6.45, 7) is 3.32. The van der Waals surface area contributed by atoms with Gasteiger partial charge in [0.15, 0.2) is 6.29 Å². The van der Waals surface area contributed by atoms with E-state index in [0.29, 0.717) is 6.61 Å². The number of pyridine rings is 1. The van der Waals surface area contributed by atoms with Gasteiger partial charge in [-0.15, -0.1) is 0 Å². The van der Waals surface area contributed by atoms with Gasteiger partial charge in [0.2, 0.25) is 0 Å².